The van der Waals surface area contributed by atoms with E-state index in [0.717, 1.165) is 5.00 Å². The molecule has 3 N–H and O–H groups in total. The smallest absolute Gasteiger partial charge is 0.120 e. The minimum atomic E-state index is 0. The van der Waals surface area contributed by atoms with Crippen molar-refractivity contribution in [2.75, 3.05) is 5.73 Å². The highest BCUT2D eigenvalue weighted by atomic mass is 35.5. The summed E-state index contributed by atoms with van der Waals surface area (Å²) in [6.45, 7) is 0. The fourth-order valence-electron chi connectivity index (χ4n) is 0.270. The Kier molecular flexibility index (Phi) is 3.04. The van der Waals surface area contributed by atoms with Gasteiger partial charge in [-0.05, 0) is 0 Å². The first-order valence-electron chi connectivity index (χ1n) is 1.69. The molecule has 0 aliphatic rings. The molecule has 0 aliphatic heterocycles. The first kappa shape index (κ1) is 7.94. The molecule has 2 nitrogen and oxygen atoms in total. The number of hydrogen-bond acceptors (Lipinski definition) is 4. The van der Waals surface area contributed by atoms with Gasteiger partial charge >= 0.3 is 0 Å². The first-order chi connectivity index (χ1) is 3.29. The molecular formula is C3H5ClN2S2. The molecule has 0 spiro atoms. The molecule has 1 rings (SSSR count). The normalized spacial score (nSPS) is 8.00. The summed E-state index contributed by atoms with van der Waals surface area (Å²) in [5, 5.41) is 7.70. The van der Waals surface area contributed by atoms with Crippen LogP contribution in [0.3, 0.4) is 0 Å². The van der Waals surface area contributed by atoms with Crippen molar-refractivity contribution in [3.8, 4) is 0 Å². The molecular weight excluding hydrogens is 164 g/mol. The molecule has 0 aromatic carbocycles. The number of hydrogen-bond donors (Lipinski definition) is 2. The van der Waals surface area contributed by atoms with E-state index in [1.807, 2.05) is 0 Å². The molecule has 0 saturated carbocycles. The van der Waals surface area contributed by atoms with Crippen LogP contribution < -0.4 is 10.4 Å². The van der Waals surface area contributed by atoms with Crippen LogP contribution in [0.2, 0.25) is 0 Å². The average Bonchev–Trinajstić information content (AvgIpc) is 1.87. The maximum Gasteiger partial charge on any atom is 0.120 e. The number of rotatable bonds is 0. The van der Waals surface area contributed by atoms with Crippen molar-refractivity contribution in [2.45, 2.75) is 0 Å². The van der Waals surface area contributed by atoms with Crippen LogP contribution in [0.1, 0.15) is 0 Å². The fourth-order valence-corrected chi connectivity index (χ4v) is 1.72. The van der Waals surface area contributed by atoms with E-state index in [9.17, 15) is 0 Å². The molecule has 5 heteroatoms. The highest BCUT2D eigenvalue weighted by Gasteiger charge is 1.83. The van der Waals surface area contributed by atoms with E-state index < -0.39 is 0 Å². The number of anilines is 1. The maximum absolute atomic E-state index is 6.96. The van der Waals surface area contributed by atoms with Crippen LogP contribution in [0.5, 0.6) is 0 Å². The molecule has 0 amide bonds. The molecule has 1 aromatic rings. The summed E-state index contributed by atoms with van der Waals surface area (Å²) in [6, 6.07) is 1.65. The summed E-state index contributed by atoms with van der Waals surface area (Å²) in [5.41, 5.74) is 5.29. The summed E-state index contributed by atoms with van der Waals surface area (Å²) in [6.07, 6.45) is 0. The second-order valence-corrected chi connectivity index (χ2v) is 3.32. The van der Waals surface area contributed by atoms with Gasteiger partial charge in [0.05, 0.1) is 5.00 Å². The van der Waals surface area contributed by atoms with Gasteiger partial charge in [-0.25, -0.2) is 0 Å². The van der Waals surface area contributed by atoms with Crippen LogP contribution >= 0.6 is 33.1 Å². The Bertz CT molecular complexity index is 203. The van der Waals surface area contributed by atoms with Crippen molar-refractivity contribution in [1.29, 1.82) is 5.41 Å². The topological polar surface area (TPSA) is 49.9 Å². The lowest BCUT2D eigenvalue weighted by Crippen LogP contribution is -1.84. The number of nitrogen functional groups attached to an aromatic ring is 1. The van der Waals surface area contributed by atoms with Gasteiger partial charge in [-0.3, -0.25) is 5.41 Å². The van der Waals surface area contributed by atoms with Crippen LogP contribution in [0.25, 0.3) is 0 Å². The predicted octanol–water partition coefficient (Wildman–Crippen LogP) is 1.29. The van der Waals surface area contributed by atoms with Gasteiger partial charge in [0.25, 0.3) is 0 Å². The molecule has 0 fully saturated rings. The summed E-state index contributed by atoms with van der Waals surface area (Å²) >= 11 is 0. The zero-order valence-corrected chi connectivity index (χ0v) is 6.33. The molecule has 46 valence electrons. The monoisotopic (exact) mass is 168 g/mol. The lowest BCUT2D eigenvalue weighted by molar-refractivity contribution is 1.36. The summed E-state index contributed by atoms with van der Waals surface area (Å²) in [4.78, 5) is 0. The Morgan fingerprint density at radius 2 is 2.12 bits per heavy atom. The largest absolute Gasteiger partial charge is 0.390 e. The minimum absolute atomic E-state index is 0. The highest BCUT2D eigenvalue weighted by Crippen LogP contribution is 2.09. The van der Waals surface area contributed by atoms with Crippen molar-refractivity contribution in [3.05, 3.63) is 10.7 Å². The van der Waals surface area contributed by atoms with E-state index in [-0.39, 0.29) is 12.4 Å². The minimum Gasteiger partial charge on any atom is -0.390 e. The summed E-state index contributed by atoms with van der Waals surface area (Å²) < 4.78 is 0.544. The quantitative estimate of drug-likeness (QED) is 0.564. The SMILES string of the molecule is Cl.N=c1cc(N)ss1. The van der Waals surface area contributed by atoms with Gasteiger partial charge in [0.15, 0.2) is 0 Å². The van der Waals surface area contributed by atoms with E-state index in [0.29, 0.717) is 4.67 Å². The van der Waals surface area contributed by atoms with Crippen LogP contribution in [0.4, 0.5) is 5.00 Å². The van der Waals surface area contributed by atoms with Crippen molar-refractivity contribution in [3.63, 3.8) is 0 Å². The summed E-state index contributed by atoms with van der Waals surface area (Å²) in [7, 11) is 2.82. The Balaban J connectivity index is 0.000000490. The van der Waals surface area contributed by atoms with Crippen molar-refractivity contribution < 1.29 is 0 Å². The van der Waals surface area contributed by atoms with E-state index in [1.54, 1.807) is 6.07 Å². The van der Waals surface area contributed by atoms with Gasteiger partial charge in [-0.2, -0.15) is 0 Å². The van der Waals surface area contributed by atoms with E-state index in [1.165, 1.54) is 20.7 Å². The second kappa shape index (κ2) is 3.06. The van der Waals surface area contributed by atoms with Gasteiger partial charge < -0.3 is 5.73 Å². The lowest BCUT2D eigenvalue weighted by atomic mass is 10.7. The number of halogens is 1. The Labute approximate surface area is 60.3 Å². The Morgan fingerprint density at radius 1 is 1.50 bits per heavy atom. The standard InChI is InChI=1S/C3H4N2S2.ClH/c4-2-1-3(5)7-6-2;/h1,4H,5H2;1H. The fraction of sp³-hybridized carbons (Fsp3) is 0. The second-order valence-electron chi connectivity index (χ2n) is 1.08. The molecule has 8 heavy (non-hydrogen) atoms. The van der Waals surface area contributed by atoms with Gasteiger partial charge in [-0.15, -0.1) is 12.4 Å². The van der Waals surface area contributed by atoms with E-state index in [4.69, 9.17) is 11.1 Å². The van der Waals surface area contributed by atoms with Crippen LogP contribution in [-0.4, -0.2) is 0 Å². The third-order valence-corrected chi connectivity index (χ3v) is 2.56. The van der Waals surface area contributed by atoms with Crippen molar-refractivity contribution >= 4 is 38.1 Å². The van der Waals surface area contributed by atoms with E-state index >= 15 is 0 Å². The van der Waals surface area contributed by atoms with Crippen LogP contribution in [-0.2, 0) is 0 Å². The summed E-state index contributed by atoms with van der Waals surface area (Å²) in [5.74, 6) is 0. The van der Waals surface area contributed by atoms with Gasteiger partial charge in [-0.1, -0.05) is 20.7 Å². The third-order valence-electron chi connectivity index (χ3n) is 0.501. The average molecular weight is 169 g/mol. The number of nitrogens with two attached hydrogens (primary N) is 1. The number of nitrogens with one attached hydrogen (secondary N) is 1. The maximum atomic E-state index is 6.96. The van der Waals surface area contributed by atoms with Crippen LogP contribution in [0.15, 0.2) is 6.07 Å². The molecule has 0 saturated heterocycles. The van der Waals surface area contributed by atoms with E-state index in [2.05, 4.69) is 0 Å². The molecule has 0 aliphatic carbocycles. The zero-order valence-electron chi connectivity index (χ0n) is 3.88. The van der Waals surface area contributed by atoms with Gasteiger partial charge in [0, 0.05) is 6.07 Å². The van der Waals surface area contributed by atoms with Crippen molar-refractivity contribution in [2.24, 2.45) is 0 Å². The van der Waals surface area contributed by atoms with Crippen molar-refractivity contribution in [1.82, 2.24) is 0 Å². The molecule has 1 aromatic heterocycles. The Hall–Kier alpha value is -0.0600. The highest BCUT2D eigenvalue weighted by molar-refractivity contribution is 7.70. The van der Waals surface area contributed by atoms with Gasteiger partial charge in [0.1, 0.15) is 4.67 Å². The zero-order chi connectivity index (χ0) is 5.28. The van der Waals surface area contributed by atoms with Gasteiger partial charge in [0.2, 0.25) is 0 Å². The molecule has 0 atom stereocenters. The molecule has 0 bridgehead atoms. The lowest BCUT2D eigenvalue weighted by Gasteiger charge is -1.67. The molecule has 0 radical (unpaired) electrons. The molecule has 1 heterocycles. The molecule has 0 unspecified atom stereocenters. The van der Waals surface area contributed by atoms with Crippen LogP contribution in [0, 0.1) is 5.41 Å². The Morgan fingerprint density at radius 3 is 2.25 bits per heavy atom. The predicted molar refractivity (Wildman–Crippen MR) is 39.7 cm³/mol. The first-order valence-corrected chi connectivity index (χ1v) is 3.84. The third kappa shape index (κ3) is 1.81.